The van der Waals surface area contributed by atoms with Crippen molar-refractivity contribution in [3.05, 3.63) is 81.9 Å². The molecule has 0 nitrogen and oxygen atoms in total. The average Bonchev–Trinajstić information content (AvgIpc) is 3.77. The van der Waals surface area contributed by atoms with E-state index in [0.717, 1.165) is 0 Å². The molecule has 0 radical (unpaired) electrons. The molecule has 1 unspecified atom stereocenters. The smallest absolute Gasteiger partial charge is 0.0177 e. The molecule has 0 amide bonds. The molecule has 2 aromatic rings. The fourth-order valence-corrected chi connectivity index (χ4v) is 11.2. The van der Waals surface area contributed by atoms with E-state index in [9.17, 15) is 0 Å². The molecule has 0 heteroatoms. The first-order valence-corrected chi connectivity index (χ1v) is 23.3. The summed E-state index contributed by atoms with van der Waals surface area (Å²) in [4.78, 5) is 0. The lowest BCUT2D eigenvalue weighted by atomic mass is 9.48. The van der Waals surface area contributed by atoms with Crippen molar-refractivity contribution in [1.29, 1.82) is 0 Å². The van der Waals surface area contributed by atoms with Crippen LogP contribution in [0.2, 0.25) is 0 Å². The summed E-state index contributed by atoms with van der Waals surface area (Å²) in [6.45, 7) is 9.43. The molecule has 3 aliphatic carbocycles. The minimum atomic E-state index is 0.173. The van der Waals surface area contributed by atoms with Gasteiger partial charge in [0.1, 0.15) is 0 Å². The van der Waals surface area contributed by atoms with Crippen molar-refractivity contribution >= 4 is 11.6 Å². The summed E-state index contributed by atoms with van der Waals surface area (Å²) >= 11 is 0. The van der Waals surface area contributed by atoms with Gasteiger partial charge in [0.25, 0.3) is 0 Å². The van der Waals surface area contributed by atoms with E-state index >= 15 is 0 Å². The largest absolute Gasteiger partial charge is 0.0654 e. The third-order valence-corrected chi connectivity index (χ3v) is 13.9. The zero-order chi connectivity index (χ0) is 36.5. The zero-order valence-corrected chi connectivity index (χ0v) is 34.8. The average molecular weight is 705 g/mol. The van der Waals surface area contributed by atoms with Gasteiger partial charge in [-0.25, -0.2) is 0 Å². The van der Waals surface area contributed by atoms with Crippen LogP contribution < -0.4 is 0 Å². The molecular weight excluding hydrogens is 625 g/mol. The van der Waals surface area contributed by atoms with E-state index in [1.165, 1.54) is 186 Å². The highest BCUT2D eigenvalue weighted by Crippen LogP contribution is 2.72. The second-order valence-electron chi connectivity index (χ2n) is 17.7. The minimum Gasteiger partial charge on any atom is -0.0654 e. The summed E-state index contributed by atoms with van der Waals surface area (Å²) in [7, 11) is 0. The van der Waals surface area contributed by atoms with Crippen LogP contribution in [0.3, 0.4) is 0 Å². The summed E-state index contributed by atoms with van der Waals surface area (Å²) in [5.41, 5.74) is 12.6. The number of unbranched alkanes of at least 4 members (excludes halogenated alkanes) is 20. The Labute approximate surface area is 323 Å². The molecule has 0 saturated heterocycles. The van der Waals surface area contributed by atoms with Gasteiger partial charge in [-0.15, -0.1) is 0 Å². The Morgan fingerprint density at radius 1 is 0.481 bits per heavy atom. The van der Waals surface area contributed by atoms with E-state index in [1.807, 2.05) is 16.7 Å². The lowest BCUT2D eigenvalue weighted by molar-refractivity contribution is 0.196. The molecule has 0 N–H and O–H groups in total. The van der Waals surface area contributed by atoms with Gasteiger partial charge in [0.05, 0.1) is 0 Å². The van der Waals surface area contributed by atoms with Crippen LogP contribution in [0.1, 0.15) is 236 Å². The molecule has 5 rings (SSSR count). The number of hydrogen-bond donors (Lipinski definition) is 0. The van der Waals surface area contributed by atoms with Gasteiger partial charge >= 0.3 is 0 Å². The van der Waals surface area contributed by atoms with Gasteiger partial charge in [-0.3, -0.25) is 0 Å². The van der Waals surface area contributed by atoms with Gasteiger partial charge < -0.3 is 0 Å². The van der Waals surface area contributed by atoms with Crippen molar-refractivity contribution in [1.82, 2.24) is 0 Å². The molecular formula is C52H80. The first-order chi connectivity index (χ1) is 25.7. The van der Waals surface area contributed by atoms with Gasteiger partial charge in [0.15, 0.2) is 0 Å². The monoisotopic (exact) mass is 705 g/mol. The number of allylic oxidation sites excluding steroid dienone is 3. The van der Waals surface area contributed by atoms with E-state index < -0.39 is 0 Å². The second-order valence-corrected chi connectivity index (χ2v) is 17.7. The van der Waals surface area contributed by atoms with Crippen LogP contribution in [-0.4, -0.2) is 0 Å². The highest BCUT2D eigenvalue weighted by molar-refractivity contribution is 5.89. The van der Waals surface area contributed by atoms with Crippen LogP contribution in [0.25, 0.3) is 11.6 Å². The highest BCUT2D eigenvalue weighted by atomic mass is 14.6. The number of hydrogen-bond acceptors (Lipinski definition) is 0. The number of rotatable bonds is 28. The molecule has 0 saturated carbocycles. The molecule has 0 aromatic heterocycles. The van der Waals surface area contributed by atoms with Crippen LogP contribution in [0.4, 0.5) is 0 Å². The first-order valence-electron chi connectivity index (χ1n) is 23.3. The Balaban J connectivity index is 1.61. The molecule has 0 heterocycles. The second kappa shape index (κ2) is 21.7. The van der Waals surface area contributed by atoms with Gasteiger partial charge in [0, 0.05) is 16.7 Å². The predicted molar refractivity (Wildman–Crippen MR) is 231 cm³/mol. The maximum Gasteiger partial charge on any atom is 0.0177 e. The van der Waals surface area contributed by atoms with E-state index in [-0.39, 0.29) is 10.8 Å². The molecule has 0 spiro atoms. The summed E-state index contributed by atoms with van der Waals surface area (Å²) in [5, 5.41) is 0. The Kier molecular flexibility index (Phi) is 17.2. The van der Waals surface area contributed by atoms with Crippen LogP contribution in [0, 0.1) is 10.8 Å². The van der Waals surface area contributed by atoms with Crippen LogP contribution in [-0.2, 0) is 6.42 Å². The Bertz CT molecular complexity index is 1350. The Morgan fingerprint density at radius 2 is 0.923 bits per heavy atom. The molecule has 0 fully saturated rings. The van der Waals surface area contributed by atoms with Gasteiger partial charge in [0.2, 0.25) is 0 Å². The predicted octanol–water partition coefficient (Wildman–Crippen LogP) is 17.2. The molecule has 2 aromatic carbocycles. The normalized spacial score (nSPS) is 17.9. The maximum atomic E-state index is 2.80. The Hall–Kier alpha value is -2.08. The van der Waals surface area contributed by atoms with Crippen molar-refractivity contribution in [3.8, 4) is 0 Å². The summed E-state index contributed by atoms with van der Waals surface area (Å²) < 4.78 is 0. The van der Waals surface area contributed by atoms with Crippen LogP contribution in [0.5, 0.6) is 0 Å². The molecule has 288 valence electrons. The lowest BCUT2D eigenvalue weighted by Gasteiger charge is -2.55. The Morgan fingerprint density at radius 3 is 1.46 bits per heavy atom. The van der Waals surface area contributed by atoms with Crippen molar-refractivity contribution in [2.75, 3.05) is 0 Å². The van der Waals surface area contributed by atoms with E-state index in [0.29, 0.717) is 5.92 Å². The molecule has 3 aliphatic rings. The fraction of sp³-hybridized carbons (Fsp3) is 0.692. The molecule has 0 aliphatic heterocycles. The summed E-state index contributed by atoms with van der Waals surface area (Å²) in [6, 6.07) is 19.6. The molecule has 52 heavy (non-hydrogen) atoms. The van der Waals surface area contributed by atoms with Crippen molar-refractivity contribution in [2.24, 2.45) is 10.8 Å². The van der Waals surface area contributed by atoms with Crippen LogP contribution >= 0.6 is 0 Å². The standard InChI is InChI=1S/C52H80/c1-5-9-13-17-21-29-37-51(38-30-22-18-14-10-6-2)47-41-43-33-26-28-36-46(43)50(47)52(39-31-23-19-15-11-7-3,40-32-24-20-16-12-8-4)48-42-44-34-25-27-35-45(44)49(48)51/h25-28,33-36,41,50H,5-24,29-32,37-40,42H2,1-4H3. The van der Waals surface area contributed by atoms with Gasteiger partial charge in [-0.1, -0.05) is 248 Å². The van der Waals surface area contributed by atoms with Crippen molar-refractivity contribution < 1.29 is 0 Å². The quantitative estimate of drug-likeness (QED) is 0.0774. The topological polar surface area (TPSA) is 0 Å². The summed E-state index contributed by atoms with van der Waals surface area (Å²) in [6.07, 6.45) is 42.8. The van der Waals surface area contributed by atoms with Gasteiger partial charge in [-0.05, 0) is 59.9 Å². The van der Waals surface area contributed by atoms with Crippen molar-refractivity contribution in [3.63, 3.8) is 0 Å². The van der Waals surface area contributed by atoms with Crippen LogP contribution in [0.15, 0.2) is 59.7 Å². The maximum absolute atomic E-state index is 2.80. The SMILES string of the molecule is CCCCCCCCC1(CCCCCCCC)C2=Cc3ccccc3C2C(CCCCCCCC)(CCCCCCCC)C2=C1c1ccccc1C2. The fourth-order valence-electron chi connectivity index (χ4n) is 11.2. The number of benzene rings is 2. The zero-order valence-electron chi connectivity index (χ0n) is 34.8. The van der Waals surface area contributed by atoms with E-state index in [1.54, 1.807) is 22.3 Å². The third kappa shape index (κ3) is 9.77. The molecule has 1 atom stereocenters. The van der Waals surface area contributed by atoms with Crippen molar-refractivity contribution in [2.45, 2.75) is 220 Å². The third-order valence-electron chi connectivity index (χ3n) is 13.9. The minimum absolute atomic E-state index is 0.173. The molecule has 0 bridgehead atoms. The number of fused-ring (bicyclic) bond motifs is 5. The summed E-state index contributed by atoms with van der Waals surface area (Å²) in [5.74, 6) is 0.559. The van der Waals surface area contributed by atoms with Gasteiger partial charge in [-0.2, -0.15) is 0 Å². The van der Waals surface area contributed by atoms with E-state index in [2.05, 4.69) is 82.3 Å². The first kappa shape index (κ1) is 41.1. The highest BCUT2D eigenvalue weighted by Gasteiger charge is 2.59. The van der Waals surface area contributed by atoms with E-state index in [4.69, 9.17) is 0 Å². The lowest BCUT2D eigenvalue weighted by Crippen LogP contribution is -2.43.